The van der Waals surface area contributed by atoms with Crippen molar-refractivity contribution in [2.45, 2.75) is 12.5 Å². The van der Waals surface area contributed by atoms with Gasteiger partial charge in [-0.3, -0.25) is 10.1 Å². The van der Waals surface area contributed by atoms with E-state index in [-0.39, 0.29) is 18.6 Å². The van der Waals surface area contributed by atoms with Crippen LogP contribution in [0.2, 0.25) is 0 Å². The molecule has 2 N–H and O–H groups in total. The number of carbonyl (C=O) groups is 1. The predicted molar refractivity (Wildman–Crippen MR) is 48.9 cm³/mol. The molecule has 0 spiro atoms. The second-order valence-corrected chi connectivity index (χ2v) is 3.09. The number of β-amino-alcohol motifs (C(OH)–C–C–N with tert-alkyl or cyclic N) is 1. The van der Waals surface area contributed by atoms with Crippen molar-refractivity contribution in [1.82, 2.24) is 10.2 Å². The van der Waals surface area contributed by atoms with Crippen LogP contribution in [0.3, 0.4) is 0 Å². The summed E-state index contributed by atoms with van der Waals surface area (Å²) in [7, 11) is 0. The van der Waals surface area contributed by atoms with E-state index in [4.69, 9.17) is 6.42 Å². The SMILES string of the molecule is C#CCNCC(=O)N1CC[C@@H](O)C1. The number of aliphatic hydroxyl groups excluding tert-OH is 1. The number of nitrogens with zero attached hydrogens (tertiary/aromatic N) is 1. The van der Waals surface area contributed by atoms with E-state index in [0.29, 0.717) is 26.1 Å². The zero-order valence-electron chi connectivity index (χ0n) is 7.49. The summed E-state index contributed by atoms with van der Waals surface area (Å²) in [5, 5.41) is 12.0. The number of nitrogens with one attached hydrogen (secondary N) is 1. The van der Waals surface area contributed by atoms with Gasteiger partial charge in [0.2, 0.25) is 5.91 Å². The van der Waals surface area contributed by atoms with E-state index >= 15 is 0 Å². The lowest BCUT2D eigenvalue weighted by molar-refractivity contribution is -0.129. The van der Waals surface area contributed by atoms with Crippen LogP contribution in [0.25, 0.3) is 0 Å². The molecule has 4 heteroatoms. The Morgan fingerprint density at radius 3 is 3.08 bits per heavy atom. The molecule has 0 aromatic rings. The van der Waals surface area contributed by atoms with Crippen molar-refractivity contribution in [2.75, 3.05) is 26.2 Å². The molecule has 1 amide bonds. The highest BCUT2D eigenvalue weighted by molar-refractivity contribution is 5.78. The summed E-state index contributed by atoms with van der Waals surface area (Å²) in [5.41, 5.74) is 0. The van der Waals surface area contributed by atoms with Gasteiger partial charge in [-0.2, -0.15) is 0 Å². The van der Waals surface area contributed by atoms with Gasteiger partial charge in [-0.15, -0.1) is 6.42 Å². The van der Waals surface area contributed by atoms with Crippen LogP contribution < -0.4 is 5.32 Å². The maximum absolute atomic E-state index is 11.3. The Bertz CT molecular complexity index is 222. The Morgan fingerprint density at radius 1 is 1.77 bits per heavy atom. The second-order valence-electron chi connectivity index (χ2n) is 3.09. The summed E-state index contributed by atoms with van der Waals surface area (Å²) >= 11 is 0. The van der Waals surface area contributed by atoms with E-state index < -0.39 is 0 Å². The first-order chi connectivity index (χ1) is 6.24. The zero-order chi connectivity index (χ0) is 9.68. The topological polar surface area (TPSA) is 52.6 Å². The first kappa shape index (κ1) is 10.0. The maximum Gasteiger partial charge on any atom is 0.236 e. The number of amides is 1. The van der Waals surface area contributed by atoms with E-state index in [1.54, 1.807) is 4.90 Å². The molecule has 72 valence electrons. The number of rotatable bonds is 3. The lowest BCUT2D eigenvalue weighted by Gasteiger charge is -2.14. The van der Waals surface area contributed by atoms with Crippen molar-refractivity contribution < 1.29 is 9.90 Å². The van der Waals surface area contributed by atoms with Crippen LogP contribution in [0.5, 0.6) is 0 Å². The molecule has 1 fully saturated rings. The fraction of sp³-hybridized carbons (Fsp3) is 0.667. The minimum atomic E-state index is -0.350. The average Bonchev–Trinajstić information content (AvgIpc) is 2.52. The van der Waals surface area contributed by atoms with Crippen molar-refractivity contribution in [2.24, 2.45) is 0 Å². The largest absolute Gasteiger partial charge is 0.391 e. The minimum absolute atomic E-state index is 0.00630. The van der Waals surface area contributed by atoms with Crippen LogP contribution in [0, 0.1) is 12.3 Å². The van der Waals surface area contributed by atoms with Gasteiger partial charge in [0.25, 0.3) is 0 Å². The van der Waals surface area contributed by atoms with Crippen LogP contribution in [0.15, 0.2) is 0 Å². The lowest BCUT2D eigenvalue weighted by atomic mass is 10.3. The molecule has 0 aromatic carbocycles. The minimum Gasteiger partial charge on any atom is -0.391 e. The molecule has 1 heterocycles. The molecule has 13 heavy (non-hydrogen) atoms. The van der Waals surface area contributed by atoms with Gasteiger partial charge in [0, 0.05) is 13.1 Å². The monoisotopic (exact) mass is 182 g/mol. The summed E-state index contributed by atoms with van der Waals surface area (Å²) in [6, 6.07) is 0. The van der Waals surface area contributed by atoms with Crippen LogP contribution in [-0.2, 0) is 4.79 Å². The third kappa shape index (κ3) is 3.05. The van der Waals surface area contributed by atoms with Crippen LogP contribution >= 0.6 is 0 Å². The predicted octanol–water partition coefficient (Wildman–Crippen LogP) is -1.20. The van der Waals surface area contributed by atoms with Gasteiger partial charge in [0.05, 0.1) is 19.2 Å². The summed E-state index contributed by atoms with van der Waals surface area (Å²) in [5.74, 6) is 2.40. The number of aliphatic hydroxyl groups is 1. The number of likely N-dealkylation sites (tertiary alicyclic amines) is 1. The van der Waals surface area contributed by atoms with Gasteiger partial charge >= 0.3 is 0 Å². The molecule has 1 aliphatic heterocycles. The molecule has 1 aliphatic rings. The zero-order valence-corrected chi connectivity index (χ0v) is 7.49. The quantitative estimate of drug-likeness (QED) is 0.426. The van der Waals surface area contributed by atoms with Crippen molar-refractivity contribution in [3.63, 3.8) is 0 Å². The Labute approximate surface area is 77.9 Å². The lowest BCUT2D eigenvalue weighted by Crippen LogP contribution is -2.37. The van der Waals surface area contributed by atoms with Gasteiger partial charge in [-0.25, -0.2) is 0 Å². The molecular formula is C9H14N2O2. The first-order valence-corrected chi connectivity index (χ1v) is 4.34. The fourth-order valence-corrected chi connectivity index (χ4v) is 1.32. The smallest absolute Gasteiger partial charge is 0.236 e. The third-order valence-corrected chi connectivity index (χ3v) is 2.02. The number of hydrogen-bond acceptors (Lipinski definition) is 3. The molecule has 0 unspecified atom stereocenters. The van der Waals surface area contributed by atoms with Gasteiger partial charge in [0.1, 0.15) is 0 Å². The van der Waals surface area contributed by atoms with Gasteiger partial charge in [-0.05, 0) is 6.42 Å². The highest BCUT2D eigenvalue weighted by Crippen LogP contribution is 2.07. The normalized spacial score (nSPS) is 21.5. The maximum atomic E-state index is 11.3. The van der Waals surface area contributed by atoms with E-state index in [9.17, 15) is 9.90 Å². The molecule has 0 aromatic heterocycles. The molecule has 0 aliphatic carbocycles. The fourth-order valence-electron chi connectivity index (χ4n) is 1.32. The van der Waals surface area contributed by atoms with E-state index in [1.807, 2.05) is 0 Å². The number of hydrogen-bond donors (Lipinski definition) is 2. The molecule has 1 saturated heterocycles. The Morgan fingerprint density at radius 2 is 2.54 bits per heavy atom. The Balaban J connectivity index is 2.21. The summed E-state index contributed by atoms with van der Waals surface area (Å²) in [6.07, 6.45) is 5.34. The van der Waals surface area contributed by atoms with E-state index in [1.165, 1.54) is 0 Å². The number of terminal acetylenes is 1. The average molecular weight is 182 g/mol. The van der Waals surface area contributed by atoms with E-state index in [2.05, 4.69) is 11.2 Å². The molecule has 1 atom stereocenters. The number of carbonyl (C=O) groups excluding carboxylic acids is 1. The van der Waals surface area contributed by atoms with E-state index in [0.717, 1.165) is 0 Å². The van der Waals surface area contributed by atoms with Crippen LogP contribution in [0.4, 0.5) is 0 Å². The highest BCUT2D eigenvalue weighted by Gasteiger charge is 2.23. The Kier molecular flexibility index (Phi) is 3.74. The van der Waals surface area contributed by atoms with Crippen LogP contribution in [0.1, 0.15) is 6.42 Å². The summed E-state index contributed by atoms with van der Waals surface area (Å²) in [4.78, 5) is 13.0. The summed E-state index contributed by atoms with van der Waals surface area (Å²) < 4.78 is 0. The van der Waals surface area contributed by atoms with Crippen LogP contribution in [-0.4, -0.2) is 48.2 Å². The Hall–Kier alpha value is -1.05. The van der Waals surface area contributed by atoms with Gasteiger partial charge in [-0.1, -0.05) is 5.92 Å². The molecule has 0 saturated carbocycles. The molecule has 0 bridgehead atoms. The second kappa shape index (κ2) is 4.85. The highest BCUT2D eigenvalue weighted by atomic mass is 16.3. The summed E-state index contributed by atoms with van der Waals surface area (Å²) in [6.45, 7) is 1.77. The van der Waals surface area contributed by atoms with Crippen molar-refractivity contribution in [1.29, 1.82) is 0 Å². The third-order valence-electron chi connectivity index (χ3n) is 2.02. The first-order valence-electron chi connectivity index (χ1n) is 4.34. The molecular weight excluding hydrogens is 168 g/mol. The molecule has 4 nitrogen and oxygen atoms in total. The molecule has 1 rings (SSSR count). The van der Waals surface area contributed by atoms with Gasteiger partial charge < -0.3 is 10.0 Å². The van der Waals surface area contributed by atoms with Crippen molar-refractivity contribution in [3.8, 4) is 12.3 Å². The standard InChI is InChI=1S/C9H14N2O2/c1-2-4-10-6-9(13)11-5-3-8(12)7-11/h1,8,10,12H,3-7H2/t8-/m1/s1. The molecule has 0 radical (unpaired) electrons. The van der Waals surface area contributed by atoms with Crippen molar-refractivity contribution >= 4 is 5.91 Å². The van der Waals surface area contributed by atoms with Crippen molar-refractivity contribution in [3.05, 3.63) is 0 Å². The van der Waals surface area contributed by atoms with Gasteiger partial charge in [0.15, 0.2) is 0 Å².